The van der Waals surface area contributed by atoms with Crippen LogP contribution in [0.25, 0.3) is 10.8 Å². The van der Waals surface area contributed by atoms with E-state index in [1.54, 1.807) is 29.1 Å². The molecule has 6 rings (SSSR count). The van der Waals surface area contributed by atoms with Gasteiger partial charge in [-0.05, 0) is 74.3 Å². The molecule has 1 saturated carbocycles. The number of aromatic nitrogens is 2. The van der Waals surface area contributed by atoms with Crippen LogP contribution in [-0.2, 0) is 16.0 Å². The van der Waals surface area contributed by atoms with Gasteiger partial charge in [-0.25, -0.2) is 9.37 Å². The van der Waals surface area contributed by atoms with Crippen molar-refractivity contribution < 1.29 is 19.0 Å². The van der Waals surface area contributed by atoms with Crippen LogP contribution < -0.4 is 5.73 Å². The Balaban J connectivity index is 1.29. The van der Waals surface area contributed by atoms with Gasteiger partial charge in [0.15, 0.2) is 5.69 Å². The van der Waals surface area contributed by atoms with Crippen LogP contribution in [-0.4, -0.2) is 83.0 Å². The van der Waals surface area contributed by atoms with Crippen molar-refractivity contribution in [1.82, 2.24) is 19.5 Å². The monoisotopic (exact) mass is 560 g/mol. The van der Waals surface area contributed by atoms with Gasteiger partial charge < -0.3 is 29.8 Å². The highest BCUT2D eigenvalue weighted by Crippen LogP contribution is 2.47. The number of aromatic hydroxyl groups is 1. The Bertz CT molecular complexity index is 1480. The van der Waals surface area contributed by atoms with Crippen molar-refractivity contribution in [3.05, 3.63) is 53.2 Å². The Hall–Kier alpha value is -3.81. The number of nitrogens with zero attached hydrogens (tertiary/aromatic N) is 5. The standard InChI is InChI=1S/C31H37FN6O3/c1-2-25-26(32)7-6-22-16-24(39)17-23(27(22)25)18-37-21-34-28(29(37)33)30(35-38-12-5-14-40-15-13-38)41-20-31(8-9-31)19-36-10-3-4-11-36/h1,6-7,16-17,21,39H,3-5,8-15,18-20,33H2/b35-30+. The molecule has 2 aromatic carbocycles. The largest absolute Gasteiger partial charge is 0.508 e. The molecule has 3 N–H and O–H groups in total. The number of phenols is 1. The highest BCUT2D eigenvalue weighted by molar-refractivity contribution is 5.96. The molecule has 3 aromatic rings. The van der Waals surface area contributed by atoms with Gasteiger partial charge in [0.1, 0.15) is 17.4 Å². The third kappa shape index (κ3) is 5.97. The van der Waals surface area contributed by atoms with E-state index in [4.69, 9.17) is 26.7 Å². The van der Waals surface area contributed by atoms with E-state index >= 15 is 0 Å². The first-order valence-corrected chi connectivity index (χ1v) is 14.4. The summed E-state index contributed by atoms with van der Waals surface area (Å²) in [5.74, 6) is 2.80. The number of rotatable bonds is 8. The maximum atomic E-state index is 14.6. The predicted molar refractivity (Wildman–Crippen MR) is 156 cm³/mol. The average Bonchev–Trinajstić information content (AvgIpc) is 3.49. The molecule has 3 heterocycles. The summed E-state index contributed by atoms with van der Waals surface area (Å²) in [6.07, 6.45) is 13.0. The van der Waals surface area contributed by atoms with Gasteiger partial charge in [0.2, 0.25) is 0 Å². The van der Waals surface area contributed by atoms with Gasteiger partial charge in [-0.1, -0.05) is 12.0 Å². The van der Waals surface area contributed by atoms with E-state index in [0.717, 1.165) is 45.4 Å². The van der Waals surface area contributed by atoms with Crippen molar-refractivity contribution >= 4 is 22.5 Å². The summed E-state index contributed by atoms with van der Waals surface area (Å²) >= 11 is 0. The summed E-state index contributed by atoms with van der Waals surface area (Å²) in [5, 5.41) is 18.4. The molecule has 2 saturated heterocycles. The number of fused-ring (bicyclic) bond motifs is 1. The van der Waals surface area contributed by atoms with E-state index in [1.807, 2.05) is 5.01 Å². The van der Waals surface area contributed by atoms with Gasteiger partial charge in [0, 0.05) is 30.5 Å². The molecule has 0 atom stereocenters. The number of benzene rings is 2. The Morgan fingerprint density at radius 1 is 1.17 bits per heavy atom. The summed E-state index contributed by atoms with van der Waals surface area (Å²) in [6.45, 7) is 6.84. The van der Waals surface area contributed by atoms with E-state index in [9.17, 15) is 9.50 Å². The molecule has 9 nitrogen and oxygen atoms in total. The summed E-state index contributed by atoms with van der Waals surface area (Å²) in [6, 6.07) is 6.08. The molecule has 3 aliphatic rings. The Kier molecular flexibility index (Phi) is 7.73. The lowest BCUT2D eigenvalue weighted by molar-refractivity contribution is 0.139. The maximum absolute atomic E-state index is 14.6. The zero-order chi connectivity index (χ0) is 28.4. The number of imidazole rings is 1. The van der Waals surface area contributed by atoms with Gasteiger partial charge in [-0.15, -0.1) is 11.5 Å². The molecule has 0 radical (unpaired) electrons. The highest BCUT2D eigenvalue weighted by Gasteiger charge is 2.45. The third-order valence-corrected chi connectivity index (χ3v) is 8.36. The van der Waals surface area contributed by atoms with Crippen molar-refractivity contribution in [2.24, 2.45) is 10.5 Å². The second kappa shape index (κ2) is 11.6. The molecule has 0 spiro atoms. The molecule has 2 aliphatic heterocycles. The third-order valence-electron chi connectivity index (χ3n) is 8.36. The molecule has 0 amide bonds. The van der Waals surface area contributed by atoms with E-state index in [-0.39, 0.29) is 23.3 Å². The lowest BCUT2D eigenvalue weighted by Crippen LogP contribution is -2.32. The number of hydrogen-bond acceptors (Lipinski definition) is 8. The SMILES string of the molecule is C#Cc1c(F)ccc2cc(O)cc(Cn3cnc(/C(=N\N4CCCOCC4)OCC4(CN5CCCC5)CC4)c3N)c12. The first kappa shape index (κ1) is 27.4. The summed E-state index contributed by atoms with van der Waals surface area (Å²) in [7, 11) is 0. The second-order valence-corrected chi connectivity index (χ2v) is 11.5. The molecular formula is C31H37FN6O3. The van der Waals surface area contributed by atoms with E-state index in [1.165, 1.54) is 18.9 Å². The van der Waals surface area contributed by atoms with Gasteiger partial charge in [-0.2, -0.15) is 0 Å². The van der Waals surface area contributed by atoms with Crippen molar-refractivity contribution in [2.45, 2.75) is 38.6 Å². The number of likely N-dealkylation sites (tertiary alicyclic amines) is 1. The number of phenolic OH excluding ortho intramolecular Hbond substituents is 1. The van der Waals surface area contributed by atoms with Crippen LogP contribution in [0.1, 0.15) is 48.9 Å². The Morgan fingerprint density at radius 3 is 2.78 bits per heavy atom. The molecule has 0 bridgehead atoms. The maximum Gasteiger partial charge on any atom is 0.260 e. The van der Waals surface area contributed by atoms with Crippen LogP contribution in [0.4, 0.5) is 10.2 Å². The van der Waals surface area contributed by atoms with Gasteiger partial charge in [-0.3, -0.25) is 5.01 Å². The van der Waals surface area contributed by atoms with E-state index in [0.29, 0.717) is 60.1 Å². The second-order valence-electron chi connectivity index (χ2n) is 11.5. The fourth-order valence-corrected chi connectivity index (χ4v) is 5.91. The Morgan fingerprint density at radius 2 is 2.00 bits per heavy atom. The van der Waals surface area contributed by atoms with E-state index in [2.05, 4.69) is 15.8 Å². The van der Waals surface area contributed by atoms with Crippen LogP contribution >= 0.6 is 0 Å². The van der Waals surface area contributed by atoms with E-state index < -0.39 is 5.82 Å². The fraction of sp³-hybridized carbons (Fsp3) is 0.484. The lowest BCUT2D eigenvalue weighted by Gasteiger charge is -2.24. The van der Waals surface area contributed by atoms with Crippen LogP contribution in [0.2, 0.25) is 0 Å². The lowest BCUT2D eigenvalue weighted by atomic mass is 9.98. The number of nitrogens with two attached hydrogens (primary N) is 1. The summed E-state index contributed by atoms with van der Waals surface area (Å²) < 4.78 is 28.4. The molecule has 1 aromatic heterocycles. The zero-order valence-corrected chi connectivity index (χ0v) is 23.3. The predicted octanol–water partition coefficient (Wildman–Crippen LogP) is 3.77. The molecule has 3 fully saturated rings. The minimum absolute atomic E-state index is 0.0580. The van der Waals surface area contributed by atoms with Crippen molar-refractivity contribution in [3.63, 3.8) is 0 Å². The molecule has 10 heteroatoms. The normalized spacial score (nSPS) is 19.3. The number of ether oxygens (including phenoxy) is 2. The minimum atomic E-state index is -0.488. The smallest absolute Gasteiger partial charge is 0.260 e. The number of anilines is 1. The van der Waals surface area contributed by atoms with Gasteiger partial charge in [0.05, 0.1) is 38.2 Å². The molecule has 0 unspecified atom stereocenters. The van der Waals surface area contributed by atoms with Crippen molar-refractivity contribution in [1.29, 1.82) is 0 Å². The quantitative estimate of drug-likeness (QED) is 0.246. The summed E-state index contributed by atoms with van der Waals surface area (Å²) in [5.41, 5.74) is 8.05. The molecule has 41 heavy (non-hydrogen) atoms. The fourth-order valence-electron chi connectivity index (χ4n) is 5.91. The zero-order valence-electron chi connectivity index (χ0n) is 23.3. The average molecular weight is 561 g/mol. The van der Waals surface area contributed by atoms with Crippen molar-refractivity contribution in [2.75, 3.05) is 58.3 Å². The number of hydrazone groups is 1. The first-order chi connectivity index (χ1) is 19.9. The van der Waals surface area contributed by atoms with Gasteiger partial charge >= 0.3 is 0 Å². The molecule has 216 valence electrons. The summed E-state index contributed by atoms with van der Waals surface area (Å²) in [4.78, 5) is 7.16. The number of halogens is 1. The van der Waals surface area contributed by atoms with Crippen LogP contribution in [0.5, 0.6) is 5.75 Å². The number of nitrogen functional groups attached to an aromatic ring is 1. The minimum Gasteiger partial charge on any atom is -0.508 e. The Labute approximate surface area is 239 Å². The molecular weight excluding hydrogens is 523 g/mol. The molecule has 1 aliphatic carbocycles. The van der Waals surface area contributed by atoms with Crippen LogP contribution in [0.3, 0.4) is 0 Å². The van der Waals surface area contributed by atoms with Crippen molar-refractivity contribution in [3.8, 4) is 18.1 Å². The number of terminal acetylenes is 1. The van der Waals surface area contributed by atoms with Crippen LogP contribution in [0.15, 0.2) is 35.7 Å². The number of hydrogen-bond donors (Lipinski definition) is 2. The first-order valence-electron chi connectivity index (χ1n) is 14.4. The van der Waals surface area contributed by atoms with Gasteiger partial charge in [0.25, 0.3) is 5.90 Å². The topological polar surface area (TPSA) is 101 Å². The highest BCUT2D eigenvalue weighted by atomic mass is 19.1. The van der Waals surface area contributed by atoms with Crippen LogP contribution in [0, 0.1) is 23.6 Å².